The minimum absolute atomic E-state index is 0.0203. The lowest BCUT2D eigenvalue weighted by Gasteiger charge is -2.32. The van der Waals surface area contributed by atoms with Crippen LogP contribution in [-0.2, 0) is 5.41 Å². The summed E-state index contributed by atoms with van der Waals surface area (Å²) in [7, 11) is 0. The van der Waals surface area contributed by atoms with Crippen LogP contribution in [0, 0.1) is 16.2 Å². The Morgan fingerprint density at radius 3 is 2.52 bits per heavy atom. The van der Waals surface area contributed by atoms with E-state index in [0.717, 1.165) is 24.0 Å². The number of carbonyl (C=O) groups excluding carboxylic acids is 2. The molecule has 0 saturated heterocycles. The van der Waals surface area contributed by atoms with Crippen molar-refractivity contribution in [2.75, 3.05) is 5.32 Å². The Hall–Kier alpha value is -4.34. The third-order valence-corrected chi connectivity index (χ3v) is 7.61. The van der Waals surface area contributed by atoms with Crippen molar-refractivity contribution < 1.29 is 14.3 Å². The second kappa shape index (κ2) is 10.3. The number of nitrogens with zero attached hydrogens (tertiary/aromatic N) is 3. The van der Waals surface area contributed by atoms with Crippen LogP contribution in [0.3, 0.4) is 0 Å². The zero-order chi connectivity index (χ0) is 28.7. The van der Waals surface area contributed by atoms with Crippen LogP contribution >= 0.6 is 0 Å². The summed E-state index contributed by atoms with van der Waals surface area (Å²) in [5.41, 5.74) is 2.35. The molecule has 2 amide bonds. The zero-order valence-corrected chi connectivity index (χ0v) is 23.2. The number of aromatic nitrogens is 3. The molecule has 2 unspecified atom stereocenters. The van der Waals surface area contributed by atoms with Gasteiger partial charge in [-0.05, 0) is 48.9 Å². The van der Waals surface area contributed by atoms with E-state index in [2.05, 4.69) is 20.6 Å². The first kappa shape index (κ1) is 27.2. The molecule has 2 aliphatic carbocycles. The fourth-order valence-electron chi connectivity index (χ4n) is 4.92. The minimum Gasteiger partial charge on any atom is -0.484 e. The van der Waals surface area contributed by atoms with Gasteiger partial charge in [0, 0.05) is 16.9 Å². The van der Waals surface area contributed by atoms with Gasteiger partial charge in [0.2, 0.25) is 0 Å². The van der Waals surface area contributed by atoms with Crippen LogP contribution in [0.2, 0.25) is 0 Å². The molecule has 40 heavy (non-hydrogen) atoms. The SMILES string of the molecule is CC1(C(=N)n2cc(OC3CCC(NC(=O)Nc4cc(C(C)(C)C)nc(C=O)n4)c4ccccc43)ccc2=N)CC1. The molecular weight excluding hydrogens is 506 g/mol. The van der Waals surface area contributed by atoms with Gasteiger partial charge < -0.3 is 10.1 Å². The van der Waals surface area contributed by atoms with Gasteiger partial charge in [-0.25, -0.2) is 14.8 Å². The predicted molar refractivity (Wildman–Crippen MR) is 151 cm³/mol. The van der Waals surface area contributed by atoms with E-state index in [1.54, 1.807) is 29.0 Å². The average molecular weight is 542 g/mol. The van der Waals surface area contributed by atoms with Crippen molar-refractivity contribution in [2.45, 2.75) is 70.9 Å². The molecule has 0 aliphatic heterocycles. The summed E-state index contributed by atoms with van der Waals surface area (Å²) >= 11 is 0. The van der Waals surface area contributed by atoms with Crippen molar-refractivity contribution in [3.63, 3.8) is 0 Å². The summed E-state index contributed by atoms with van der Waals surface area (Å²) in [6.07, 6.45) is 5.29. The van der Waals surface area contributed by atoms with E-state index >= 15 is 0 Å². The first-order valence-corrected chi connectivity index (χ1v) is 13.5. The molecule has 1 fully saturated rings. The summed E-state index contributed by atoms with van der Waals surface area (Å²) in [5, 5.41) is 22.7. The number of fused-ring (bicyclic) bond motifs is 1. The molecule has 2 aromatic heterocycles. The average Bonchev–Trinajstić information content (AvgIpc) is 3.68. The summed E-state index contributed by atoms with van der Waals surface area (Å²) in [6, 6.07) is 12.3. The Morgan fingerprint density at radius 2 is 1.85 bits per heavy atom. The first-order valence-electron chi connectivity index (χ1n) is 13.5. The molecular formula is C30H35N7O3. The van der Waals surface area contributed by atoms with Gasteiger partial charge >= 0.3 is 6.03 Å². The normalized spacial score (nSPS) is 19.2. The van der Waals surface area contributed by atoms with E-state index in [4.69, 9.17) is 15.6 Å². The molecule has 0 spiro atoms. The van der Waals surface area contributed by atoms with Crippen LogP contribution in [0.5, 0.6) is 5.75 Å². The fourth-order valence-corrected chi connectivity index (χ4v) is 4.92. The highest BCUT2D eigenvalue weighted by molar-refractivity contribution is 5.89. The number of nitrogens with one attached hydrogen (secondary N) is 4. The Labute approximate surface area is 233 Å². The maximum Gasteiger partial charge on any atom is 0.320 e. The number of hydrogen-bond acceptors (Lipinski definition) is 7. The molecule has 0 radical (unpaired) electrons. The van der Waals surface area contributed by atoms with E-state index in [1.807, 2.05) is 52.0 Å². The number of amides is 2. The third kappa shape index (κ3) is 5.66. The third-order valence-electron chi connectivity index (χ3n) is 7.61. The monoisotopic (exact) mass is 541 g/mol. The van der Waals surface area contributed by atoms with E-state index in [9.17, 15) is 9.59 Å². The Balaban J connectivity index is 1.31. The van der Waals surface area contributed by atoms with Crippen molar-refractivity contribution in [1.82, 2.24) is 19.9 Å². The highest BCUT2D eigenvalue weighted by Gasteiger charge is 2.43. The molecule has 2 atom stereocenters. The number of ether oxygens (including phenoxy) is 1. The molecule has 1 saturated carbocycles. The summed E-state index contributed by atoms with van der Waals surface area (Å²) in [6.45, 7) is 7.97. The van der Waals surface area contributed by atoms with Crippen molar-refractivity contribution >= 4 is 24.0 Å². The molecule has 10 nitrogen and oxygen atoms in total. The quantitative estimate of drug-likeness (QED) is 0.191. The molecule has 4 N–H and O–H groups in total. The van der Waals surface area contributed by atoms with Crippen molar-refractivity contribution in [2.24, 2.45) is 5.41 Å². The van der Waals surface area contributed by atoms with Crippen molar-refractivity contribution in [3.8, 4) is 5.75 Å². The number of aldehydes is 1. The first-order chi connectivity index (χ1) is 19.0. The van der Waals surface area contributed by atoms with Gasteiger partial charge in [0.05, 0.1) is 17.9 Å². The highest BCUT2D eigenvalue weighted by Crippen LogP contribution is 2.46. The molecule has 2 heterocycles. The minimum atomic E-state index is -0.422. The van der Waals surface area contributed by atoms with Crippen LogP contribution in [0.4, 0.5) is 10.6 Å². The summed E-state index contributed by atoms with van der Waals surface area (Å²) in [5.74, 6) is 1.30. The van der Waals surface area contributed by atoms with Gasteiger partial charge in [-0.2, -0.15) is 0 Å². The number of pyridine rings is 1. The van der Waals surface area contributed by atoms with Crippen LogP contribution in [0.1, 0.15) is 93.0 Å². The number of anilines is 1. The largest absolute Gasteiger partial charge is 0.484 e. The maximum absolute atomic E-state index is 13.0. The van der Waals surface area contributed by atoms with E-state index < -0.39 is 6.03 Å². The lowest BCUT2D eigenvalue weighted by atomic mass is 9.85. The van der Waals surface area contributed by atoms with Crippen molar-refractivity contribution in [1.29, 1.82) is 10.8 Å². The van der Waals surface area contributed by atoms with Crippen LogP contribution in [-0.4, -0.2) is 32.7 Å². The van der Waals surface area contributed by atoms with Gasteiger partial charge in [0.1, 0.15) is 29.0 Å². The number of urea groups is 1. The predicted octanol–water partition coefficient (Wildman–Crippen LogP) is 5.27. The number of benzene rings is 1. The molecule has 5 rings (SSSR count). The topological polar surface area (TPSA) is 146 Å². The van der Waals surface area contributed by atoms with Gasteiger partial charge in [-0.3, -0.25) is 25.5 Å². The van der Waals surface area contributed by atoms with Crippen LogP contribution in [0.25, 0.3) is 0 Å². The second-order valence-corrected chi connectivity index (χ2v) is 11.9. The van der Waals surface area contributed by atoms with Crippen molar-refractivity contribution in [3.05, 3.63) is 76.8 Å². The maximum atomic E-state index is 13.0. The van der Waals surface area contributed by atoms with Crippen LogP contribution < -0.4 is 20.9 Å². The Morgan fingerprint density at radius 1 is 1.12 bits per heavy atom. The van der Waals surface area contributed by atoms with Gasteiger partial charge in [-0.1, -0.05) is 52.0 Å². The van der Waals surface area contributed by atoms with Gasteiger partial charge in [0.15, 0.2) is 12.1 Å². The lowest BCUT2D eigenvalue weighted by Crippen LogP contribution is -2.36. The van der Waals surface area contributed by atoms with E-state index in [0.29, 0.717) is 36.4 Å². The zero-order valence-electron chi connectivity index (χ0n) is 23.2. The number of carbonyl (C=O) groups is 2. The smallest absolute Gasteiger partial charge is 0.320 e. The van der Waals surface area contributed by atoms with Gasteiger partial charge in [0.25, 0.3) is 0 Å². The molecule has 10 heteroatoms. The lowest BCUT2D eigenvalue weighted by molar-refractivity contribution is 0.111. The highest BCUT2D eigenvalue weighted by atomic mass is 16.5. The summed E-state index contributed by atoms with van der Waals surface area (Å²) < 4.78 is 8.00. The Bertz CT molecular complexity index is 1530. The standard InChI is InChI=1S/C30H35N7O3/c1-29(2,3)23-15-25(35-26(17-38)34-23)36-28(39)33-21-10-11-22(20-8-6-5-7-19(20)21)40-18-9-12-24(31)37(16-18)27(32)30(4)13-14-30/h5-9,12,15-17,21-22,31-32H,10-11,13-14H2,1-4H3,(H2,33,34,35,36,39). The fraction of sp³-hybridized carbons (Fsp3) is 0.400. The number of hydrogen-bond donors (Lipinski definition) is 4. The van der Waals surface area contributed by atoms with Gasteiger partial charge in [-0.15, -0.1) is 0 Å². The molecule has 2 aliphatic rings. The number of rotatable bonds is 6. The van der Waals surface area contributed by atoms with E-state index in [-0.39, 0.29) is 40.1 Å². The van der Waals surface area contributed by atoms with Crippen LogP contribution in [0.15, 0.2) is 48.7 Å². The second-order valence-electron chi connectivity index (χ2n) is 11.9. The summed E-state index contributed by atoms with van der Waals surface area (Å²) in [4.78, 5) is 32.8. The molecule has 0 bridgehead atoms. The molecule has 3 aromatic rings. The molecule has 208 valence electrons. The Kier molecular flexibility index (Phi) is 7.03. The molecule has 1 aromatic carbocycles. The van der Waals surface area contributed by atoms with E-state index in [1.165, 1.54) is 0 Å².